The Labute approximate surface area is 144 Å². The van der Waals surface area contributed by atoms with Crippen LogP contribution in [0.5, 0.6) is 0 Å². The van der Waals surface area contributed by atoms with Gasteiger partial charge >= 0.3 is 6.09 Å². The van der Waals surface area contributed by atoms with E-state index >= 15 is 0 Å². The Morgan fingerprint density at radius 3 is 2.67 bits per heavy atom. The van der Waals surface area contributed by atoms with Gasteiger partial charge in [-0.2, -0.15) is 0 Å². The summed E-state index contributed by atoms with van der Waals surface area (Å²) in [5, 5.41) is 0. The zero-order valence-electron chi connectivity index (χ0n) is 15.8. The van der Waals surface area contributed by atoms with Crippen LogP contribution in [0.4, 0.5) is 4.79 Å². The quantitative estimate of drug-likeness (QED) is 0.778. The lowest BCUT2D eigenvalue weighted by Gasteiger charge is -2.40. The molecule has 5 nitrogen and oxygen atoms in total. The predicted molar refractivity (Wildman–Crippen MR) is 92.8 cm³/mol. The lowest BCUT2D eigenvalue weighted by Crippen LogP contribution is -2.55. The molecular formula is C19H30N2O3. The molecule has 2 atom stereocenters. The van der Waals surface area contributed by atoms with Gasteiger partial charge in [-0.1, -0.05) is 0 Å². The number of nitrogens with zero attached hydrogens (tertiary/aromatic N) is 2. The molecule has 2 aliphatic rings. The molecule has 0 N–H and O–H groups in total. The molecule has 1 aliphatic carbocycles. The van der Waals surface area contributed by atoms with Gasteiger partial charge in [-0.25, -0.2) is 4.79 Å². The number of hydrogen-bond donors (Lipinski definition) is 0. The van der Waals surface area contributed by atoms with Gasteiger partial charge in [0.05, 0.1) is 12.1 Å². The van der Waals surface area contributed by atoms with E-state index in [0.717, 1.165) is 19.3 Å². The molecule has 2 heterocycles. The second-order valence-corrected chi connectivity index (χ2v) is 8.76. The minimum absolute atomic E-state index is 0.263. The highest BCUT2D eigenvalue weighted by Gasteiger charge is 2.58. The Kier molecular flexibility index (Phi) is 3.98. The van der Waals surface area contributed by atoms with Gasteiger partial charge in [-0.3, -0.25) is 4.90 Å². The summed E-state index contributed by atoms with van der Waals surface area (Å²) in [6.07, 6.45) is 4.76. The van der Waals surface area contributed by atoms with Crippen LogP contribution in [0.25, 0.3) is 0 Å². The van der Waals surface area contributed by atoms with Crippen LogP contribution in [0.2, 0.25) is 0 Å². The Morgan fingerprint density at radius 2 is 2.08 bits per heavy atom. The van der Waals surface area contributed by atoms with Crippen molar-refractivity contribution in [2.45, 2.75) is 76.7 Å². The van der Waals surface area contributed by atoms with Crippen LogP contribution in [0.15, 0.2) is 18.3 Å². The summed E-state index contributed by atoms with van der Waals surface area (Å²) < 4.78 is 13.9. The molecule has 1 aromatic rings. The number of carbonyl (C=O) groups is 1. The molecule has 0 radical (unpaired) electrons. The molecule has 1 spiro atoms. The number of amides is 1. The van der Waals surface area contributed by atoms with E-state index < -0.39 is 11.3 Å². The van der Waals surface area contributed by atoms with Crippen molar-refractivity contribution in [3.05, 3.63) is 24.0 Å². The molecule has 2 fully saturated rings. The summed E-state index contributed by atoms with van der Waals surface area (Å²) in [4.78, 5) is 14.8. The van der Waals surface area contributed by atoms with Crippen LogP contribution in [-0.4, -0.2) is 39.0 Å². The number of ether oxygens (including phenoxy) is 2. The number of aryl methyl sites for hydroxylation is 1. The maximum Gasteiger partial charge on any atom is 0.413 e. The largest absolute Gasteiger partial charge is 0.444 e. The van der Waals surface area contributed by atoms with Crippen molar-refractivity contribution in [3.8, 4) is 0 Å². The van der Waals surface area contributed by atoms with Crippen molar-refractivity contribution in [1.82, 2.24) is 9.47 Å². The predicted octanol–water partition coefficient (Wildman–Crippen LogP) is 4.03. The van der Waals surface area contributed by atoms with Crippen molar-refractivity contribution in [1.29, 1.82) is 0 Å². The second-order valence-electron chi connectivity index (χ2n) is 8.76. The Hall–Kier alpha value is -1.49. The first-order valence-electron chi connectivity index (χ1n) is 8.83. The lowest BCUT2D eigenvalue weighted by molar-refractivity contribution is -0.0688. The molecule has 3 rings (SSSR count). The highest BCUT2D eigenvalue weighted by atomic mass is 16.6. The van der Waals surface area contributed by atoms with Crippen LogP contribution in [-0.2, 0) is 16.5 Å². The zero-order valence-corrected chi connectivity index (χ0v) is 15.8. The summed E-state index contributed by atoms with van der Waals surface area (Å²) in [6.45, 7) is 10.2. The van der Waals surface area contributed by atoms with Gasteiger partial charge in [-0.05, 0) is 66.0 Å². The monoisotopic (exact) mass is 334 g/mol. The Balaban J connectivity index is 1.86. The van der Waals surface area contributed by atoms with Crippen LogP contribution < -0.4 is 0 Å². The van der Waals surface area contributed by atoms with E-state index in [4.69, 9.17) is 9.47 Å². The minimum atomic E-state index is -0.633. The number of carbonyl (C=O) groups excluding carboxylic acids is 1. The topological polar surface area (TPSA) is 43.7 Å². The van der Waals surface area contributed by atoms with E-state index in [-0.39, 0.29) is 11.6 Å². The van der Waals surface area contributed by atoms with Gasteiger partial charge in [-0.15, -0.1) is 0 Å². The standard InChI is InChI=1S/C19H30N2O3/c1-17(2,3)24-16(22)21-18(4,5)23-13-19(21)10-9-14(12-19)15-8-7-11-20(15)6/h7-8,11,14H,9-10,12-13H2,1-6H3/t14-,19+/m0/s1. The molecule has 1 aliphatic heterocycles. The fraction of sp³-hybridized carbons (Fsp3) is 0.737. The van der Waals surface area contributed by atoms with E-state index in [2.05, 4.69) is 29.9 Å². The maximum atomic E-state index is 12.9. The number of hydrogen-bond acceptors (Lipinski definition) is 3. The third-order valence-electron chi connectivity index (χ3n) is 5.27. The molecule has 0 aromatic carbocycles. The van der Waals surface area contributed by atoms with Gasteiger partial charge in [0.1, 0.15) is 11.3 Å². The van der Waals surface area contributed by atoms with E-state index in [9.17, 15) is 4.79 Å². The van der Waals surface area contributed by atoms with Crippen molar-refractivity contribution < 1.29 is 14.3 Å². The van der Waals surface area contributed by atoms with Crippen molar-refractivity contribution in [2.24, 2.45) is 7.05 Å². The van der Waals surface area contributed by atoms with E-state index in [1.54, 1.807) is 0 Å². The Bertz CT molecular complexity index is 629. The molecule has 5 heteroatoms. The third-order valence-corrected chi connectivity index (χ3v) is 5.27. The van der Waals surface area contributed by atoms with Crippen LogP contribution in [0, 0.1) is 0 Å². The van der Waals surface area contributed by atoms with Crippen LogP contribution in [0.1, 0.15) is 65.5 Å². The first-order valence-corrected chi connectivity index (χ1v) is 8.83. The first-order chi connectivity index (χ1) is 11.0. The molecule has 0 bridgehead atoms. The summed E-state index contributed by atoms with van der Waals surface area (Å²) >= 11 is 0. The first kappa shape index (κ1) is 17.3. The molecule has 1 aromatic heterocycles. The van der Waals surface area contributed by atoms with Crippen LogP contribution >= 0.6 is 0 Å². The van der Waals surface area contributed by atoms with E-state index in [1.807, 2.05) is 39.5 Å². The van der Waals surface area contributed by atoms with Gasteiger partial charge in [0.15, 0.2) is 0 Å². The zero-order chi connectivity index (χ0) is 17.8. The summed E-state index contributed by atoms with van der Waals surface area (Å²) in [5.41, 5.74) is -0.0695. The van der Waals surface area contributed by atoms with E-state index in [1.165, 1.54) is 5.69 Å². The fourth-order valence-corrected chi connectivity index (χ4v) is 4.32. The molecular weight excluding hydrogens is 304 g/mol. The normalized spacial score (nSPS) is 29.4. The van der Waals surface area contributed by atoms with Gasteiger partial charge < -0.3 is 14.0 Å². The average Bonchev–Trinajstić information content (AvgIpc) is 3.07. The highest BCUT2D eigenvalue weighted by Crippen LogP contribution is 2.50. The fourth-order valence-electron chi connectivity index (χ4n) is 4.32. The lowest BCUT2D eigenvalue weighted by atomic mass is 9.93. The second kappa shape index (κ2) is 5.51. The Morgan fingerprint density at radius 1 is 1.38 bits per heavy atom. The van der Waals surface area contributed by atoms with Crippen molar-refractivity contribution in [3.63, 3.8) is 0 Å². The molecule has 0 unspecified atom stereocenters. The molecule has 24 heavy (non-hydrogen) atoms. The van der Waals surface area contributed by atoms with E-state index in [0.29, 0.717) is 12.5 Å². The van der Waals surface area contributed by atoms with Gasteiger partial charge in [0.2, 0.25) is 0 Å². The highest BCUT2D eigenvalue weighted by molar-refractivity contribution is 5.70. The molecule has 134 valence electrons. The van der Waals surface area contributed by atoms with Gasteiger partial charge in [0.25, 0.3) is 0 Å². The molecule has 1 amide bonds. The summed E-state index contributed by atoms with van der Waals surface area (Å²) in [6, 6.07) is 4.27. The maximum absolute atomic E-state index is 12.9. The molecule has 1 saturated heterocycles. The third kappa shape index (κ3) is 2.94. The summed E-state index contributed by atoms with van der Waals surface area (Å²) in [5.74, 6) is 0.451. The number of aromatic nitrogens is 1. The summed E-state index contributed by atoms with van der Waals surface area (Å²) in [7, 11) is 2.08. The number of rotatable bonds is 1. The van der Waals surface area contributed by atoms with Gasteiger partial charge in [0, 0.05) is 24.9 Å². The minimum Gasteiger partial charge on any atom is -0.444 e. The average molecular weight is 334 g/mol. The van der Waals surface area contributed by atoms with Crippen molar-refractivity contribution >= 4 is 6.09 Å². The van der Waals surface area contributed by atoms with Crippen LogP contribution in [0.3, 0.4) is 0 Å². The SMILES string of the molecule is Cn1cccc1[C@H]1CC[C@]2(COC(C)(C)N2C(=O)OC(C)(C)C)C1. The smallest absolute Gasteiger partial charge is 0.413 e. The van der Waals surface area contributed by atoms with Crippen molar-refractivity contribution in [2.75, 3.05) is 6.61 Å². The molecule has 1 saturated carbocycles.